The van der Waals surface area contributed by atoms with Gasteiger partial charge in [0.15, 0.2) is 0 Å². The van der Waals surface area contributed by atoms with Gasteiger partial charge in [-0.2, -0.15) is 0 Å². The van der Waals surface area contributed by atoms with E-state index in [-0.39, 0.29) is 23.8 Å². The third-order valence-corrected chi connectivity index (χ3v) is 3.23. The molecule has 4 nitrogen and oxygen atoms in total. The summed E-state index contributed by atoms with van der Waals surface area (Å²) in [7, 11) is 0. The van der Waals surface area contributed by atoms with Gasteiger partial charge in [-0.05, 0) is 32.4 Å². The molecule has 0 spiro atoms. The summed E-state index contributed by atoms with van der Waals surface area (Å²) in [5.41, 5.74) is 1.39. The molecule has 1 aliphatic heterocycles. The van der Waals surface area contributed by atoms with Gasteiger partial charge in [-0.1, -0.05) is 12.1 Å². The summed E-state index contributed by atoms with van der Waals surface area (Å²) in [6.45, 7) is 8.19. The van der Waals surface area contributed by atoms with Crippen LogP contribution in [0.15, 0.2) is 18.2 Å². The topological polar surface area (TPSA) is 44.4 Å². The first-order chi connectivity index (χ1) is 9.37. The van der Waals surface area contributed by atoms with E-state index in [0.29, 0.717) is 25.3 Å². The average Bonchev–Trinajstić information content (AvgIpc) is 2.35. The van der Waals surface area contributed by atoms with Crippen LogP contribution in [0, 0.1) is 5.82 Å². The minimum atomic E-state index is -0.270. The number of amides is 1. The second-order valence-corrected chi connectivity index (χ2v) is 6.12. The maximum Gasteiger partial charge on any atom is 0.239 e. The monoisotopic (exact) mass is 279 g/mol. The standard InChI is InChI=1S/C15H22FN3O/c1-15(2,3)18-9-11-5-4-6-12(16)14(11)19-8-7-17-13(20)10-19/h4-6,18H,7-10H2,1-3H3,(H,17,20). The van der Waals surface area contributed by atoms with Crippen LogP contribution in [0.4, 0.5) is 10.1 Å². The van der Waals surface area contributed by atoms with Gasteiger partial charge in [0, 0.05) is 25.2 Å². The molecule has 2 rings (SSSR count). The molecule has 1 aliphatic rings. The fourth-order valence-electron chi connectivity index (χ4n) is 2.25. The molecule has 2 N–H and O–H groups in total. The lowest BCUT2D eigenvalue weighted by Crippen LogP contribution is -2.48. The molecule has 5 heteroatoms. The zero-order valence-corrected chi connectivity index (χ0v) is 12.3. The summed E-state index contributed by atoms with van der Waals surface area (Å²) in [5.74, 6) is -0.331. The van der Waals surface area contributed by atoms with Crippen molar-refractivity contribution in [2.45, 2.75) is 32.9 Å². The fourth-order valence-corrected chi connectivity index (χ4v) is 2.25. The highest BCUT2D eigenvalue weighted by Crippen LogP contribution is 2.25. The number of carbonyl (C=O) groups excluding carboxylic acids is 1. The molecule has 110 valence electrons. The van der Waals surface area contributed by atoms with Crippen molar-refractivity contribution >= 4 is 11.6 Å². The third kappa shape index (κ3) is 3.70. The van der Waals surface area contributed by atoms with Gasteiger partial charge in [0.05, 0.1) is 12.2 Å². The molecule has 1 amide bonds. The molecule has 1 aromatic carbocycles. The summed E-state index contributed by atoms with van der Waals surface area (Å²) in [6, 6.07) is 5.06. The van der Waals surface area contributed by atoms with Gasteiger partial charge >= 0.3 is 0 Å². The first-order valence-electron chi connectivity index (χ1n) is 6.91. The van der Waals surface area contributed by atoms with E-state index < -0.39 is 0 Å². The molecule has 0 atom stereocenters. The highest BCUT2D eigenvalue weighted by molar-refractivity contribution is 5.83. The average molecular weight is 279 g/mol. The Balaban J connectivity index is 2.24. The van der Waals surface area contributed by atoms with Crippen molar-refractivity contribution in [1.29, 1.82) is 0 Å². The lowest BCUT2D eigenvalue weighted by molar-refractivity contribution is -0.120. The molecule has 0 aromatic heterocycles. The maximum atomic E-state index is 14.2. The molecule has 1 aromatic rings. The van der Waals surface area contributed by atoms with E-state index in [9.17, 15) is 9.18 Å². The van der Waals surface area contributed by atoms with Crippen molar-refractivity contribution in [1.82, 2.24) is 10.6 Å². The summed E-state index contributed by atoms with van der Waals surface area (Å²) in [6.07, 6.45) is 0. The number of piperazine rings is 1. The SMILES string of the molecule is CC(C)(C)NCc1cccc(F)c1N1CCNC(=O)C1. The van der Waals surface area contributed by atoms with Crippen LogP contribution in [-0.4, -0.2) is 31.1 Å². The van der Waals surface area contributed by atoms with E-state index in [1.807, 2.05) is 11.0 Å². The summed E-state index contributed by atoms with van der Waals surface area (Å²) in [5, 5.41) is 6.12. The van der Waals surface area contributed by atoms with Crippen LogP contribution in [0.2, 0.25) is 0 Å². The van der Waals surface area contributed by atoms with E-state index in [4.69, 9.17) is 0 Å². The minimum Gasteiger partial charge on any atom is -0.358 e. The second-order valence-electron chi connectivity index (χ2n) is 6.12. The molecule has 0 radical (unpaired) electrons. The number of hydrogen-bond donors (Lipinski definition) is 2. The van der Waals surface area contributed by atoms with Crippen LogP contribution in [0.25, 0.3) is 0 Å². The largest absolute Gasteiger partial charge is 0.358 e. The highest BCUT2D eigenvalue weighted by atomic mass is 19.1. The molecule has 0 bridgehead atoms. The van der Waals surface area contributed by atoms with Gasteiger partial charge in [-0.3, -0.25) is 4.79 Å². The van der Waals surface area contributed by atoms with Gasteiger partial charge in [-0.25, -0.2) is 4.39 Å². The minimum absolute atomic E-state index is 0.0388. The van der Waals surface area contributed by atoms with E-state index in [1.165, 1.54) is 6.07 Å². The molecule has 20 heavy (non-hydrogen) atoms. The van der Waals surface area contributed by atoms with Gasteiger partial charge in [0.1, 0.15) is 5.82 Å². The number of para-hydroxylation sites is 1. The van der Waals surface area contributed by atoms with Gasteiger partial charge in [0.2, 0.25) is 5.91 Å². The molecular weight excluding hydrogens is 257 g/mol. The normalized spacial score (nSPS) is 16.2. The highest BCUT2D eigenvalue weighted by Gasteiger charge is 2.22. The molecule has 0 saturated carbocycles. The summed E-state index contributed by atoms with van der Waals surface area (Å²) < 4.78 is 14.2. The van der Waals surface area contributed by atoms with E-state index in [1.54, 1.807) is 6.07 Å². The number of rotatable bonds is 3. The Morgan fingerprint density at radius 1 is 1.40 bits per heavy atom. The van der Waals surface area contributed by atoms with Crippen LogP contribution in [0.3, 0.4) is 0 Å². The molecule has 1 fully saturated rings. The predicted molar refractivity (Wildman–Crippen MR) is 78.2 cm³/mol. The Morgan fingerprint density at radius 2 is 2.15 bits per heavy atom. The Morgan fingerprint density at radius 3 is 2.80 bits per heavy atom. The van der Waals surface area contributed by atoms with Crippen molar-refractivity contribution in [3.63, 3.8) is 0 Å². The van der Waals surface area contributed by atoms with Crippen LogP contribution in [0.5, 0.6) is 0 Å². The number of nitrogens with zero attached hydrogens (tertiary/aromatic N) is 1. The van der Waals surface area contributed by atoms with Crippen molar-refractivity contribution in [3.8, 4) is 0 Å². The quantitative estimate of drug-likeness (QED) is 0.884. The van der Waals surface area contributed by atoms with Crippen LogP contribution >= 0.6 is 0 Å². The van der Waals surface area contributed by atoms with Crippen molar-refractivity contribution in [3.05, 3.63) is 29.6 Å². The maximum absolute atomic E-state index is 14.2. The fraction of sp³-hybridized carbons (Fsp3) is 0.533. The second kappa shape index (κ2) is 5.79. The Labute approximate surface area is 119 Å². The summed E-state index contributed by atoms with van der Waals surface area (Å²) >= 11 is 0. The molecule has 0 unspecified atom stereocenters. The smallest absolute Gasteiger partial charge is 0.239 e. The zero-order valence-electron chi connectivity index (χ0n) is 12.3. The molecule has 1 heterocycles. The number of nitrogens with one attached hydrogen (secondary N) is 2. The number of benzene rings is 1. The molecule has 1 saturated heterocycles. The Kier molecular flexibility index (Phi) is 4.28. The predicted octanol–water partition coefficient (Wildman–Crippen LogP) is 1.65. The van der Waals surface area contributed by atoms with Crippen molar-refractivity contribution < 1.29 is 9.18 Å². The van der Waals surface area contributed by atoms with Crippen LogP contribution < -0.4 is 15.5 Å². The van der Waals surface area contributed by atoms with Crippen molar-refractivity contribution in [2.24, 2.45) is 0 Å². The van der Waals surface area contributed by atoms with Gasteiger partial charge in [-0.15, -0.1) is 0 Å². The first kappa shape index (κ1) is 14.8. The zero-order chi connectivity index (χ0) is 14.8. The third-order valence-electron chi connectivity index (χ3n) is 3.23. The Hall–Kier alpha value is -1.62. The lowest BCUT2D eigenvalue weighted by Gasteiger charge is -2.31. The van der Waals surface area contributed by atoms with E-state index in [0.717, 1.165) is 5.56 Å². The number of halogens is 1. The van der Waals surface area contributed by atoms with Gasteiger partial charge in [0.25, 0.3) is 0 Å². The molecular formula is C15H22FN3O. The molecule has 0 aliphatic carbocycles. The van der Waals surface area contributed by atoms with E-state index >= 15 is 0 Å². The number of hydrogen-bond acceptors (Lipinski definition) is 3. The lowest BCUT2D eigenvalue weighted by atomic mass is 10.1. The number of anilines is 1. The van der Waals surface area contributed by atoms with Crippen LogP contribution in [-0.2, 0) is 11.3 Å². The van der Waals surface area contributed by atoms with Gasteiger partial charge < -0.3 is 15.5 Å². The first-order valence-corrected chi connectivity index (χ1v) is 6.91. The van der Waals surface area contributed by atoms with Crippen molar-refractivity contribution in [2.75, 3.05) is 24.5 Å². The number of carbonyl (C=O) groups is 1. The summed E-state index contributed by atoms with van der Waals surface area (Å²) in [4.78, 5) is 13.3. The van der Waals surface area contributed by atoms with Crippen LogP contribution in [0.1, 0.15) is 26.3 Å². The Bertz CT molecular complexity index is 496. The van der Waals surface area contributed by atoms with E-state index in [2.05, 4.69) is 31.4 Å².